The Morgan fingerprint density at radius 2 is 2.15 bits per heavy atom. The molecule has 26 heavy (non-hydrogen) atoms. The van der Waals surface area contributed by atoms with Gasteiger partial charge in [-0.2, -0.15) is 5.26 Å². The van der Waals surface area contributed by atoms with Crippen LogP contribution in [-0.2, 0) is 4.74 Å². The first-order valence-corrected chi connectivity index (χ1v) is 8.78. The second kappa shape index (κ2) is 7.06. The third kappa shape index (κ3) is 3.43. The van der Waals surface area contributed by atoms with E-state index in [4.69, 9.17) is 20.9 Å². The Balaban J connectivity index is 1.87. The van der Waals surface area contributed by atoms with E-state index in [0.717, 1.165) is 32.1 Å². The summed E-state index contributed by atoms with van der Waals surface area (Å²) in [4.78, 5) is 8.48. The van der Waals surface area contributed by atoms with Crippen LogP contribution in [0.25, 0.3) is 5.57 Å². The van der Waals surface area contributed by atoms with Crippen LogP contribution in [0, 0.1) is 11.3 Å². The topological polar surface area (TPSA) is 120 Å². The Bertz CT molecular complexity index is 756. The van der Waals surface area contributed by atoms with Crippen molar-refractivity contribution in [1.82, 2.24) is 4.98 Å². The standard InChI is InChI=1S/C19H25N5O2/c1-23-15-3-4-16(25-2)24-17(15)13(14(21)11-20)5-6-19-9-7-18(22,8-10-19)12-26-19/h3-4H,1,5-10,12,21-22H2,2H3/b14-13-. The summed E-state index contributed by atoms with van der Waals surface area (Å²) >= 11 is 0. The highest BCUT2D eigenvalue weighted by Gasteiger charge is 2.47. The molecule has 2 saturated heterocycles. The Hall–Kier alpha value is -2.43. The lowest BCUT2D eigenvalue weighted by Gasteiger charge is -2.51. The minimum Gasteiger partial charge on any atom is -0.481 e. The van der Waals surface area contributed by atoms with Crippen molar-refractivity contribution in [3.8, 4) is 11.9 Å². The van der Waals surface area contributed by atoms with Gasteiger partial charge in [0, 0.05) is 17.2 Å². The number of aliphatic imine (C=N–C) groups is 1. The van der Waals surface area contributed by atoms with Gasteiger partial charge < -0.3 is 20.9 Å². The quantitative estimate of drug-likeness (QED) is 0.597. The number of rotatable bonds is 6. The van der Waals surface area contributed by atoms with Crippen molar-refractivity contribution in [2.24, 2.45) is 16.5 Å². The Morgan fingerprint density at radius 3 is 2.69 bits per heavy atom. The summed E-state index contributed by atoms with van der Waals surface area (Å²) in [6.07, 6.45) is 5.13. The number of nitriles is 1. The van der Waals surface area contributed by atoms with Gasteiger partial charge in [0.2, 0.25) is 5.88 Å². The largest absolute Gasteiger partial charge is 0.481 e. The van der Waals surface area contributed by atoms with E-state index in [9.17, 15) is 5.26 Å². The predicted octanol–water partition coefficient (Wildman–Crippen LogP) is 2.44. The van der Waals surface area contributed by atoms with Crippen molar-refractivity contribution in [2.45, 2.75) is 49.7 Å². The van der Waals surface area contributed by atoms with Gasteiger partial charge in [-0.3, -0.25) is 4.99 Å². The van der Waals surface area contributed by atoms with Crippen LogP contribution in [0.3, 0.4) is 0 Å². The molecule has 1 aliphatic carbocycles. The summed E-state index contributed by atoms with van der Waals surface area (Å²) in [7, 11) is 1.54. The van der Waals surface area contributed by atoms with Gasteiger partial charge in [0.25, 0.3) is 0 Å². The number of methoxy groups -OCH3 is 1. The number of nitrogens with two attached hydrogens (primary N) is 2. The molecule has 3 fully saturated rings. The molecule has 138 valence electrons. The average Bonchev–Trinajstić information content (AvgIpc) is 2.69. The second-order valence-corrected chi connectivity index (χ2v) is 7.22. The summed E-state index contributed by atoms with van der Waals surface area (Å²) < 4.78 is 11.3. The molecule has 0 spiro atoms. The van der Waals surface area contributed by atoms with Gasteiger partial charge in [0.15, 0.2) is 0 Å². The number of fused-ring (bicyclic) bond motifs is 3. The van der Waals surface area contributed by atoms with Crippen molar-refractivity contribution < 1.29 is 9.47 Å². The van der Waals surface area contributed by atoms with Gasteiger partial charge in [-0.1, -0.05) is 0 Å². The molecule has 0 amide bonds. The van der Waals surface area contributed by atoms with E-state index in [2.05, 4.69) is 16.7 Å². The number of hydrogen-bond donors (Lipinski definition) is 2. The van der Waals surface area contributed by atoms with Crippen molar-refractivity contribution in [2.75, 3.05) is 13.7 Å². The Morgan fingerprint density at radius 1 is 1.42 bits per heavy atom. The zero-order valence-electron chi connectivity index (χ0n) is 15.1. The predicted molar refractivity (Wildman–Crippen MR) is 100 cm³/mol. The fourth-order valence-electron chi connectivity index (χ4n) is 3.81. The molecule has 2 bridgehead atoms. The van der Waals surface area contributed by atoms with Crippen LogP contribution in [0.2, 0.25) is 0 Å². The summed E-state index contributed by atoms with van der Waals surface area (Å²) in [6, 6.07) is 5.51. The lowest BCUT2D eigenvalue weighted by molar-refractivity contribution is -0.155. The van der Waals surface area contributed by atoms with Gasteiger partial charge in [0.1, 0.15) is 11.8 Å². The molecule has 7 heteroatoms. The van der Waals surface area contributed by atoms with E-state index >= 15 is 0 Å². The Kier molecular flexibility index (Phi) is 4.99. The molecular weight excluding hydrogens is 330 g/mol. The van der Waals surface area contributed by atoms with E-state index in [0.29, 0.717) is 35.9 Å². The fraction of sp³-hybridized carbons (Fsp3) is 0.526. The highest BCUT2D eigenvalue weighted by atomic mass is 16.5. The maximum Gasteiger partial charge on any atom is 0.213 e. The summed E-state index contributed by atoms with van der Waals surface area (Å²) in [5.74, 6) is 0.438. The summed E-state index contributed by atoms with van der Waals surface area (Å²) in [5.41, 5.74) is 13.9. The van der Waals surface area contributed by atoms with Crippen molar-refractivity contribution in [1.29, 1.82) is 5.26 Å². The van der Waals surface area contributed by atoms with Gasteiger partial charge in [-0.15, -0.1) is 0 Å². The van der Waals surface area contributed by atoms with Gasteiger partial charge in [0.05, 0.1) is 30.7 Å². The Labute approximate surface area is 153 Å². The van der Waals surface area contributed by atoms with Crippen LogP contribution in [0.5, 0.6) is 5.88 Å². The molecule has 7 nitrogen and oxygen atoms in total. The third-order valence-electron chi connectivity index (χ3n) is 5.61. The molecule has 0 radical (unpaired) electrons. The number of ether oxygens (including phenoxy) is 2. The van der Waals surface area contributed by atoms with Crippen LogP contribution in [0.15, 0.2) is 22.8 Å². The molecule has 3 aliphatic rings. The fourth-order valence-corrected chi connectivity index (χ4v) is 3.81. The highest BCUT2D eigenvalue weighted by Crippen LogP contribution is 2.46. The molecule has 1 aromatic heterocycles. The van der Waals surface area contributed by atoms with Gasteiger partial charge in [-0.05, 0) is 51.3 Å². The monoisotopic (exact) mass is 355 g/mol. The smallest absolute Gasteiger partial charge is 0.213 e. The first-order chi connectivity index (χ1) is 12.4. The van der Waals surface area contributed by atoms with Crippen LogP contribution < -0.4 is 16.2 Å². The number of pyridine rings is 1. The van der Waals surface area contributed by atoms with Crippen LogP contribution >= 0.6 is 0 Å². The first kappa shape index (κ1) is 18.4. The first-order valence-electron chi connectivity index (χ1n) is 8.78. The zero-order valence-corrected chi connectivity index (χ0v) is 15.1. The van der Waals surface area contributed by atoms with Crippen molar-refractivity contribution >= 4 is 18.0 Å². The molecule has 4 rings (SSSR count). The molecule has 2 aliphatic heterocycles. The second-order valence-electron chi connectivity index (χ2n) is 7.22. The zero-order chi connectivity index (χ0) is 18.8. The summed E-state index contributed by atoms with van der Waals surface area (Å²) in [5, 5.41) is 9.37. The van der Waals surface area contributed by atoms with Gasteiger partial charge >= 0.3 is 0 Å². The normalized spacial score (nSPS) is 28.2. The number of allylic oxidation sites excluding steroid dienone is 2. The van der Waals surface area contributed by atoms with E-state index < -0.39 is 0 Å². The maximum absolute atomic E-state index is 9.37. The third-order valence-corrected chi connectivity index (χ3v) is 5.61. The lowest BCUT2D eigenvalue weighted by atomic mass is 9.69. The highest BCUT2D eigenvalue weighted by molar-refractivity contribution is 5.77. The van der Waals surface area contributed by atoms with Crippen LogP contribution in [0.1, 0.15) is 44.2 Å². The minimum absolute atomic E-state index is 0.131. The minimum atomic E-state index is -0.192. The molecule has 4 N–H and O–H groups in total. The molecule has 1 aromatic rings. The summed E-state index contributed by atoms with van der Waals surface area (Å²) in [6.45, 7) is 4.19. The molecule has 0 unspecified atom stereocenters. The maximum atomic E-state index is 9.37. The van der Waals surface area contributed by atoms with Crippen molar-refractivity contribution in [3.63, 3.8) is 0 Å². The molecule has 0 aromatic carbocycles. The number of nitrogens with zero attached hydrogens (tertiary/aromatic N) is 3. The lowest BCUT2D eigenvalue weighted by Crippen LogP contribution is -2.59. The average molecular weight is 355 g/mol. The molecule has 3 heterocycles. The number of hydrogen-bond acceptors (Lipinski definition) is 7. The van der Waals surface area contributed by atoms with E-state index in [1.807, 2.05) is 6.07 Å². The molecule has 1 saturated carbocycles. The van der Waals surface area contributed by atoms with E-state index in [1.165, 1.54) is 0 Å². The van der Waals surface area contributed by atoms with Crippen LogP contribution in [0.4, 0.5) is 5.69 Å². The van der Waals surface area contributed by atoms with Crippen molar-refractivity contribution in [3.05, 3.63) is 23.5 Å². The molecule has 0 atom stereocenters. The van der Waals surface area contributed by atoms with Crippen LogP contribution in [-0.4, -0.2) is 36.6 Å². The molecular formula is C19H25N5O2. The number of aromatic nitrogens is 1. The van der Waals surface area contributed by atoms with E-state index in [-0.39, 0.29) is 16.8 Å². The SMILES string of the molecule is C=Nc1ccc(OC)nc1/C(CCC12CCC(N)(CC1)CO2)=C(\N)C#N. The van der Waals surface area contributed by atoms with E-state index in [1.54, 1.807) is 19.2 Å². The van der Waals surface area contributed by atoms with Gasteiger partial charge in [-0.25, -0.2) is 4.98 Å².